The van der Waals surface area contributed by atoms with E-state index in [4.69, 9.17) is 19.4 Å². The Balaban J connectivity index is 1.17. The number of anilines is 1. The largest absolute Gasteiger partial charge is 0.496 e. The van der Waals surface area contributed by atoms with Crippen molar-refractivity contribution in [3.05, 3.63) is 76.3 Å². The Bertz CT molecular complexity index is 2670. The molecule has 3 fully saturated rings. The minimum Gasteiger partial charge on any atom is -0.496 e. The first-order chi connectivity index (χ1) is 30.7. The number of thiazole rings is 1. The average molecular weight is 937 g/mol. The number of aromatic nitrogens is 2. The van der Waals surface area contributed by atoms with Crippen LogP contribution >= 0.6 is 11.3 Å². The van der Waals surface area contributed by atoms with Crippen LogP contribution in [0.2, 0.25) is 0 Å². The van der Waals surface area contributed by atoms with Crippen LogP contribution in [0.4, 0.5) is 18.9 Å². The number of alkyl halides is 3. The number of nitrogens with one attached hydrogen (secondary N) is 3. The molecule has 0 unspecified atom stereocenters. The molecule has 2 aliphatic carbocycles. The molecule has 4 aromatic rings. The number of hydrogen-bond donors (Lipinski definition) is 3. The van der Waals surface area contributed by atoms with E-state index in [0.29, 0.717) is 70.8 Å². The van der Waals surface area contributed by atoms with E-state index in [1.165, 1.54) is 16.2 Å². The number of methoxy groups -OCH3 is 1. The highest BCUT2D eigenvalue weighted by molar-refractivity contribution is 7.91. The standard InChI is InChI=1S/C47H55F3N6O7S2/c1-26(2)36-25-64-42(53-36)35-22-39(33-14-15-38(62-6)28(4)40(33)52-35)63-32-21-37-41(57)54-46(44(59)55-65(60,61)45(5)16-17-45)23-29(46)12-10-8-7-9-11-13-34(43(58)56(37)24-32)51-31-19-27(3)18-30(20-31)47(48,49)50/h10,12,14-15,18-20,22,25-26,29,32,34,37,51H,7-9,11,13,16-17,21,23-24H2,1-6H3,(H,54,57)(H,55,59)/b12-10-/t29-,32-,34+,37+,46-/m1/s1. The van der Waals surface area contributed by atoms with Crippen molar-refractivity contribution in [3.63, 3.8) is 0 Å². The zero-order valence-corrected chi connectivity index (χ0v) is 38.9. The average Bonchev–Trinajstić information content (AvgIpc) is 4.02. The number of nitrogens with zero attached hydrogens (tertiary/aromatic N) is 3. The van der Waals surface area contributed by atoms with Gasteiger partial charge >= 0.3 is 6.18 Å². The number of rotatable bonds is 10. The molecule has 2 aromatic heterocycles. The zero-order valence-electron chi connectivity index (χ0n) is 37.3. The predicted octanol–water partition coefficient (Wildman–Crippen LogP) is 8.35. The van der Waals surface area contributed by atoms with E-state index in [0.717, 1.165) is 29.8 Å². The van der Waals surface area contributed by atoms with Crippen LogP contribution in [0.3, 0.4) is 0 Å². The Morgan fingerprint density at radius 3 is 2.51 bits per heavy atom. The van der Waals surface area contributed by atoms with Crippen LogP contribution in [0, 0.1) is 19.8 Å². The van der Waals surface area contributed by atoms with Crippen molar-refractivity contribution in [1.82, 2.24) is 24.9 Å². The highest BCUT2D eigenvalue weighted by atomic mass is 32.2. The van der Waals surface area contributed by atoms with Gasteiger partial charge in [-0.2, -0.15) is 13.2 Å². The van der Waals surface area contributed by atoms with Crippen LogP contribution in [0.15, 0.2) is 53.9 Å². The van der Waals surface area contributed by atoms with Gasteiger partial charge in [0.25, 0.3) is 5.91 Å². The minimum absolute atomic E-state index is 0.0232. The fourth-order valence-electron chi connectivity index (χ4n) is 8.83. The first kappa shape index (κ1) is 46.3. The molecule has 0 bridgehead atoms. The molecule has 18 heteroatoms. The van der Waals surface area contributed by atoms with Gasteiger partial charge in [-0.15, -0.1) is 11.3 Å². The molecule has 4 aliphatic rings. The smallest absolute Gasteiger partial charge is 0.416 e. The van der Waals surface area contributed by atoms with Gasteiger partial charge in [-0.25, -0.2) is 18.4 Å². The van der Waals surface area contributed by atoms with Crippen molar-refractivity contribution in [2.24, 2.45) is 5.92 Å². The van der Waals surface area contributed by atoms with Gasteiger partial charge in [0.2, 0.25) is 21.8 Å². The first-order valence-corrected chi connectivity index (χ1v) is 24.5. The predicted molar refractivity (Wildman–Crippen MR) is 242 cm³/mol. The Morgan fingerprint density at radius 1 is 1.05 bits per heavy atom. The van der Waals surface area contributed by atoms with E-state index in [9.17, 15) is 31.2 Å². The monoisotopic (exact) mass is 936 g/mol. The third-order valence-corrected chi connectivity index (χ3v) is 16.3. The van der Waals surface area contributed by atoms with Crippen molar-refractivity contribution in [1.29, 1.82) is 0 Å². The molecule has 2 aromatic carbocycles. The molecule has 3 amide bonds. The molecule has 3 N–H and O–H groups in total. The highest BCUT2D eigenvalue weighted by Gasteiger charge is 2.63. The van der Waals surface area contributed by atoms with Crippen LogP contribution in [0.5, 0.6) is 11.5 Å². The van der Waals surface area contributed by atoms with E-state index in [1.54, 1.807) is 33.1 Å². The third kappa shape index (κ3) is 9.42. The maximum absolute atomic E-state index is 15.0. The summed E-state index contributed by atoms with van der Waals surface area (Å²) in [5.41, 5.74) is 0.830. The molecule has 1 saturated heterocycles. The second kappa shape index (κ2) is 17.5. The van der Waals surface area contributed by atoms with Gasteiger partial charge in [-0.1, -0.05) is 38.8 Å². The maximum Gasteiger partial charge on any atom is 0.416 e. The molecule has 2 saturated carbocycles. The Labute approximate surface area is 381 Å². The van der Waals surface area contributed by atoms with Crippen molar-refractivity contribution in [3.8, 4) is 22.2 Å². The van der Waals surface area contributed by atoms with Crippen LogP contribution in [-0.2, 0) is 30.6 Å². The SMILES string of the molecule is COc1ccc2c(O[C@@H]3C[C@H]4C(=O)N[C@]5(C(=O)NS(=O)(=O)C6(C)CC6)C[C@H]5/C=C\CCCCC[C@H](Nc5cc(C)cc(C(F)(F)F)c5)C(=O)N4C3)cc(-c3nc(C(C)C)cs3)nc2c1C. The van der Waals surface area contributed by atoms with Crippen molar-refractivity contribution in [2.45, 2.75) is 133 Å². The van der Waals surface area contributed by atoms with Crippen LogP contribution in [-0.4, -0.2) is 83.1 Å². The summed E-state index contributed by atoms with van der Waals surface area (Å²) >= 11 is 1.45. The molecular formula is C47H55F3N6O7S2. The lowest BCUT2D eigenvalue weighted by Crippen LogP contribution is -2.58. The van der Waals surface area contributed by atoms with E-state index in [2.05, 4.69) is 29.2 Å². The second-order valence-corrected chi connectivity index (χ2v) is 21.6. The number of carbonyl (C=O) groups is 3. The van der Waals surface area contributed by atoms with Crippen molar-refractivity contribution >= 4 is 55.7 Å². The summed E-state index contributed by atoms with van der Waals surface area (Å²) in [7, 11) is -2.49. The minimum atomic E-state index is -4.62. The summed E-state index contributed by atoms with van der Waals surface area (Å²) in [6, 6.07) is 6.74. The first-order valence-electron chi connectivity index (χ1n) is 22.1. The van der Waals surface area contributed by atoms with Crippen molar-refractivity contribution in [2.75, 3.05) is 19.0 Å². The fourth-order valence-corrected chi connectivity index (χ4v) is 11.1. The van der Waals surface area contributed by atoms with E-state index in [1.807, 2.05) is 36.6 Å². The second-order valence-electron chi connectivity index (χ2n) is 18.5. The van der Waals surface area contributed by atoms with E-state index >= 15 is 4.79 Å². The zero-order chi connectivity index (χ0) is 46.6. The lowest BCUT2D eigenvalue weighted by molar-refractivity contribution is -0.140. The molecule has 0 radical (unpaired) electrons. The molecule has 0 spiro atoms. The van der Waals surface area contributed by atoms with E-state index in [-0.39, 0.29) is 37.4 Å². The Morgan fingerprint density at radius 2 is 1.82 bits per heavy atom. The Hall–Kier alpha value is -5.23. The van der Waals surface area contributed by atoms with Gasteiger partial charge in [0.05, 0.1) is 35.2 Å². The van der Waals surface area contributed by atoms with Gasteiger partial charge in [-0.05, 0) is 101 Å². The number of benzene rings is 2. The number of amides is 3. The molecule has 4 heterocycles. The number of aryl methyl sites for hydroxylation is 2. The normalized spacial score (nSPS) is 25.2. The Kier molecular flexibility index (Phi) is 12.5. The highest BCUT2D eigenvalue weighted by Crippen LogP contribution is 2.48. The summed E-state index contributed by atoms with van der Waals surface area (Å²) in [5.74, 6) is -1.33. The lowest BCUT2D eigenvalue weighted by atomic mass is 10.0. The van der Waals surface area contributed by atoms with Gasteiger partial charge < -0.3 is 25.0 Å². The number of ether oxygens (including phenoxy) is 2. The van der Waals surface area contributed by atoms with Crippen LogP contribution < -0.4 is 24.8 Å². The maximum atomic E-state index is 15.0. The fraction of sp³-hybridized carbons (Fsp3) is 0.511. The van der Waals surface area contributed by atoms with Gasteiger partial charge in [0.1, 0.15) is 45.9 Å². The van der Waals surface area contributed by atoms with Gasteiger partial charge in [0, 0.05) is 40.4 Å². The summed E-state index contributed by atoms with van der Waals surface area (Å²) in [6.45, 7) is 9.02. The number of fused-ring (bicyclic) bond motifs is 3. The summed E-state index contributed by atoms with van der Waals surface area (Å²) < 4.78 is 82.3. The molecule has 348 valence electrons. The number of hydrogen-bond acceptors (Lipinski definition) is 11. The van der Waals surface area contributed by atoms with Gasteiger partial charge in [-0.3, -0.25) is 19.1 Å². The van der Waals surface area contributed by atoms with Crippen LogP contribution in [0.1, 0.15) is 107 Å². The summed E-state index contributed by atoms with van der Waals surface area (Å²) in [5, 5.41) is 9.31. The van der Waals surface area contributed by atoms with Gasteiger partial charge in [0.15, 0.2) is 0 Å². The quantitative estimate of drug-likeness (QED) is 0.132. The molecule has 13 nitrogen and oxygen atoms in total. The summed E-state index contributed by atoms with van der Waals surface area (Å²) in [6.07, 6.45) is 2.12. The van der Waals surface area contributed by atoms with Crippen molar-refractivity contribution < 1.29 is 45.4 Å². The number of carbonyl (C=O) groups excluding carboxylic acids is 3. The number of pyridine rings is 1. The molecule has 2 aliphatic heterocycles. The lowest BCUT2D eigenvalue weighted by Gasteiger charge is -2.30. The number of sulfonamides is 1. The topological polar surface area (TPSA) is 169 Å². The third-order valence-electron chi connectivity index (χ3n) is 13.2. The molecule has 8 rings (SSSR count). The summed E-state index contributed by atoms with van der Waals surface area (Å²) in [4.78, 5) is 55.1. The molecular weight excluding hydrogens is 882 g/mol. The van der Waals surface area contributed by atoms with Crippen LogP contribution in [0.25, 0.3) is 21.6 Å². The number of allylic oxidation sites excluding steroid dienone is 1. The molecule has 5 atom stereocenters. The molecule has 65 heavy (non-hydrogen) atoms. The van der Waals surface area contributed by atoms with E-state index < -0.39 is 73.9 Å². The number of halogens is 3.